The monoisotopic (exact) mass is 295 g/mol. The van der Waals surface area contributed by atoms with Gasteiger partial charge in [-0.3, -0.25) is 9.97 Å². The summed E-state index contributed by atoms with van der Waals surface area (Å²) < 4.78 is 5.73. The van der Waals surface area contributed by atoms with E-state index in [1.165, 1.54) is 0 Å². The van der Waals surface area contributed by atoms with Gasteiger partial charge in [0.1, 0.15) is 5.75 Å². The molecule has 2 aromatic carbocycles. The van der Waals surface area contributed by atoms with Gasteiger partial charge in [-0.2, -0.15) is 0 Å². The van der Waals surface area contributed by atoms with Gasteiger partial charge in [-0.25, -0.2) is 0 Å². The molecule has 0 fully saturated rings. The van der Waals surface area contributed by atoms with Crippen LogP contribution in [-0.4, -0.2) is 22.2 Å². The van der Waals surface area contributed by atoms with Gasteiger partial charge in [0, 0.05) is 31.2 Å². The lowest BCUT2D eigenvalue weighted by Gasteiger charge is -2.19. The highest BCUT2D eigenvalue weighted by molar-refractivity contribution is 7.80. The summed E-state index contributed by atoms with van der Waals surface area (Å²) in [6.07, 6.45) is 3.32. The van der Waals surface area contributed by atoms with Gasteiger partial charge >= 0.3 is 0 Å². The van der Waals surface area contributed by atoms with Crippen molar-refractivity contribution < 1.29 is 4.74 Å². The van der Waals surface area contributed by atoms with Gasteiger partial charge in [0.25, 0.3) is 5.17 Å². The lowest BCUT2D eigenvalue weighted by Crippen LogP contribution is -2.29. The third kappa shape index (κ3) is 2.98. The molecule has 4 nitrogen and oxygen atoms in total. The van der Waals surface area contributed by atoms with Gasteiger partial charge in [-0.15, -0.1) is 0 Å². The normalized spacial score (nSPS) is 10.3. The molecule has 104 valence electrons. The summed E-state index contributed by atoms with van der Waals surface area (Å²) in [6.45, 7) is 0. The molecule has 0 aliphatic heterocycles. The Balaban J connectivity index is 1.80. The van der Waals surface area contributed by atoms with Crippen LogP contribution in [0.25, 0.3) is 11.0 Å². The number of anilines is 1. The average molecular weight is 295 g/mol. The Hall–Kier alpha value is -2.53. The molecule has 21 heavy (non-hydrogen) atoms. The molecule has 0 spiro atoms. The van der Waals surface area contributed by atoms with Crippen molar-refractivity contribution in [2.24, 2.45) is 0 Å². The van der Waals surface area contributed by atoms with Crippen LogP contribution in [0.5, 0.6) is 5.75 Å². The maximum absolute atomic E-state index is 5.73. The van der Waals surface area contributed by atoms with Gasteiger partial charge in [-0.1, -0.05) is 18.2 Å². The number of rotatable bonds is 2. The van der Waals surface area contributed by atoms with Crippen molar-refractivity contribution in [3.8, 4) is 5.75 Å². The first-order valence-corrected chi connectivity index (χ1v) is 6.86. The van der Waals surface area contributed by atoms with Crippen molar-refractivity contribution in [1.29, 1.82) is 0 Å². The predicted octanol–water partition coefficient (Wildman–Crippen LogP) is 3.43. The zero-order valence-electron chi connectivity index (χ0n) is 11.4. The lowest BCUT2D eigenvalue weighted by atomic mass is 10.3. The molecule has 5 heteroatoms. The molecule has 3 aromatic rings. The fraction of sp³-hybridized carbons (Fsp3) is 0.0625. The van der Waals surface area contributed by atoms with E-state index in [0.29, 0.717) is 10.9 Å². The van der Waals surface area contributed by atoms with Crippen LogP contribution in [0, 0.1) is 0 Å². The number of fused-ring (bicyclic) bond motifs is 1. The number of hydrogen-bond donors (Lipinski definition) is 0. The SMILES string of the molecule is CN(C(=S)Oc1ccc2nccnc2c1)c1ccccc1. The van der Waals surface area contributed by atoms with Gasteiger partial charge < -0.3 is 9.64 Å². The Morgan fingerprint density at radius 2 is 1.71 bits per heavy atom. The number of ether oxygens (including phenoxy) is 1. The second-order valence-electron chi connectivity index (χ2n) is 4.47. The predicted molar refractivity (Wildman–Crippen MR) is 87.6 cm³/mol. The first-order chi connectivity index (χ1) is 10.2. The molecule has 1 aromatic heterocycles. The Bertz CT molecular complexity index is 777. The van der Waals surface area contributed by atoms with E-state index in [9.17, 15) is 0 Å². The van der Waals surface area contributed by atoms with Crippen LogP contribution < -0.4 is 9.64 Å². The molecule has 0 saturated heterocycles. The van der Waals surface area contributed by atoms with Crippen LogP contribution in [0.1, 0.15) is 0 Å². The van der Waals surface area contributed by atoms with E-state index < -0.39 is 0 Å². The Morgan fingerprint density at radius 3 is 2.48 bits per heavy atom. The molecule has 0 amide bonds. The highest BCUT2D eigenvalue weighted by atomic mass is 32.1. The second-order valence-corrected chi connectivity index (χ2v) is 4.82. The van der Waals surface area contributed by atoms with E-state index in [-0.39, 0.29) is 0 Å². The van der Waals surface area contributed by atoms with E-state index in [0.717, 1.165) is 16.7 Å². The Kier molecular flexibility index (Phi) is 3.75. The van der Waals surface area contributed by atoms with Crippen molar-refractivity contribution in [2.75, 3.05) is 11.9 Å². The maximum atomic E-state index is 5.73. The molecule has 0 N–H and O–H groups in total. The number of hydrogen-bond acceptors (Lipinski definition) is 4. The molecule has 1 heterocycles. The van der Waals surface area contributed by atoms with Crippen molar-refractivity contribution >= 4 is 34.1 Å². The molecule has 0 aliphatic rings. The second kappa shape index (κ2) is 5.85. The number of benzene rings is 2. The fourth-order valence-electron chi connectivity index (χ4n) is 1.93. The van der Waals surface area contributed by atoms with E-state index >= 15 is 0 Å². The van der Waals surface area contributed by atoms with Crippen molar-refractivity contribution in [3.05, 3.63) is 60.9 Å². The highest BCUT2D eigenvalue weighted by Crippen LogP contribution is 2.19. The number of thiocarbonyl (C=S) groups is 1. The summed E-state index contributed by atoms with van der Waals surface area (Å²) >= 11 is 5.33. The largest absolute Gasteiger partial charge is 0.431 e. The minimum absolute atomic E-state index is 0.379. The first kappa shape index (κ1) is 13.5. The summed E-state index contributed by atoms with van der Waals surface area (Å²) in [5.74, 6) is 0.649. The van der Waals surface area contributed by atoms with Crippen LogP contribution >= 0.6 is 12.2 Å². The number of nitrogens with zero attached hydrogens (tertiary/aromatic N) is 3. The lowest BCUT2D eigenvalue weighted by molar-refractivity contribution is 0.553. The molecule has 0 saturated carbocycles. The van der Waals surface area contributed by atoms with Gasteiger partial charge in [0.05, 0.1) is 11.0 Å². The number of aromatic nitrogens is 2. The van der Waals surface area contributed by atoms with Crippen LogP contribution in [-0.2, 0) is 0 Å². The molecule has 3 rings (SSSR count). The molecule has 0 atom stereocenters. The van der Waals surface area contributed by atoms with Gasteiger partial charge in [0.2, 0.25) is 0 Å². The van der Waals surface area contributed by atoms with Crippen LogP contribution in [0.4, 0.5) is 5.69 Å². The van der Waals surface area contributed by atoms with Crippen LogP contribution in [0.3, 0.4) is 0 Å². The minimum Gasteiger partial charge on any atom is -0.431 e. The summed E-state index contributed by atoms with van der Waals surface area (Å²) in [5.41, 5.74) is 2.58. The third-order valence-corrected chi connectivity index (χ3v) is 3.42. The third-order valence-electron chi connectivity index (χ3n) is 3.06. The van der Waals surface area contributed by atoms with Crippen LogP contribution in [0.2, 0.25) is 0 Å². The average Bonchev–Trinajstić information content (AvgIpc) is 2.55. The van der Waals surface area contributed by atoms with E-state index in [4.69, 9.17) is 17.0 Å². The molecule has 0 aliphatic carbocycles. The van der Waals surface area contributed by atoms with Crippen molar-refractivity contribution in [1.82, 2.24) is 9.97 Å². The summed E-state index contributed by atoms with van der Waals surface area (Å²) in [4.78, 5) is 10.3. The smallest absolute Gasteiger partial charge is 0.269 e. The standard InChI is InChI=1S/C16H13N3OS/c1-19(12-5-3-2-4-6-12)16(21)20-13-7-8-14-15(11-13)18-10-9-17-14/h2-11H,1H3. The van der Waals surface area contributed by atoms with Crippen molar-refractivity contribution in [3.63, 3.8) is 0 Å². The molecule has 0 radical (unpaired) electrons. The quantitative estimate of drug-likeness (QED) is 0.677. The van der Waals surface area contributed by atoms with Gasteiger partial charge in [0.15, 0.2) is 0 Å². The maximum Gasteiger partial charge on any atom is 0.269 e. The van der Waals surface area contributed by atoms with E-state index in [1.807, 2.05) is 60.5 Å². The summed E-state index contributed by atoms with van der Waals surface area (Å²) in [6, 6.07) is 15.4. The fourth-order valence-corrected chi connectivity index (χ4v) is 2.13. The summed E-state index contributed by atoms with van der Waals surface area (Å²) in [7, 11) is 1.87. The molecular formula is C16H13N3OS. The topological polar surface area (TPSA) is 38.2 Å². The number of para-hydroxylation sites is 1. The van der Waals surface area contributed by atoms with Crippen molar-refractivity contribution in [2.45, 2.75) is 0 Å². The first-order valence-electron chi connectivity index (χ1n) is 6.45. The Morgan fingerprint density at radius 1 is 1.00 bits per heavy atom. The van der Waals surface area contributed by atoms with E-state index in [1.54, 1.807) is 12.4 Å². The van der Waals surface area contributed by atoms with Gasteiger partial charge in [-0.05, 0) is 36.5 Å². The zero-order valence-corrected chi connectivity index (χ0v) is 12.2. The summed E-state index contributed by atoms with van der Waals surface area (Å²) in [5, 5.41) is 0.379. The highest BCUT2D eigenvalue weighted by Gasteiger charge is 2.09. The molecular weight excluding hydrogens is 282 g/mol. The molecule has 0 unspecified atom stereocenters. The zero-order chi connectivity index (χ0) is 14.7. The Labute approximate surface area is 128 Å². The van der Waals surface area contributed by atoms with Crippen LogP contribution in [0.15, 0.2) is 60.9 Å². The minimum atomic E-state index is 0.379. The van der Waals surface area contributed by atoms with E-state index in [2.05, 4.69) is 9.97 Å². The molecule has 0 bridgehead atoms.